The number of hydrogen-bond acceptors (Lipinski definition) is 5. The summed E-state index contributed by atoms with van der Waals surface area (Å²) in [4.78, 5) is 26.5. The Bertz CT molecular complexity index is 3230. The molecule has 4 heterocycles. The van der Waals surface area contributed by atoms with Crippen molar-refractivity contribution < 1.29 is 0 Å². The minimum absolute atomic E-state index is 0.244. The van der Waals surface area contributed by atoms with Crippen LogP contribution in [0.25, 0.3) is 90.4 Å². The molecule has 7 heteroatoms. The van der Waals surface area contributed by atoms with E-state index in [1.165, 1.54) is 16.7 Å². The van der Waals surface area contributed by atoms with Crippen LogP contribution in [0.15, 0.2) is 170 Å². The van der Waals surface area contributed by atoms with Crippen molar-refractivity contribution >= 4 is 22.1 Å². The number of aromatic nitrogens is 7. The molecule has 0 bridgehead atoms. The lowest BCUT2D eigenvalue weighted by Crippen LogP contribution is -2.12. The van der Waals surface area contributed by atoms with Gasteiger partial charge < -0.3 is 0 Å². The minimum atomic E-state index is 0.244. The van der Waals surface area contributed by atoms with Crippen molar-refractivity contribution in [3.63, 3.8) is 0 Å². The number of rotatable bonds is 7. The number of fused-ring (bicyclic) bond motifs is 3. The summed E-state index contributed by atoms with van der Waals surface area (Å²) in [6.07, 6.45) is 0. The van der Waals surface area contributed by atoms with Crippen LogP contribution in [-0.2, 0) is 0 Å². The van der Waals surface area contributed by atoms with E-state index in [-0.39, 0.29) is 5.92 Å². The second-order valence-corrected chi connectivity index (χ2v) is 15.5. The highest BCUT2D eigenvalue weighted by Gasteiger charge is 2.29. The van der Waals surface area contributed by atoms with E-state index in [0.717, 1.165) is 72.9 Å². The van der Waals surface area contributed by atoms with Gasteiger partial charge in [-0.25, -0.2) is 24.9 Å². The Labute approximate surface area is 342 Å². The molecule has 0 fully saturated rings. The molecule has 1 atom stereocenters. The smallest absolute Gasteiger partial charge is 0.164 e. The third-order valence-electron chi connectivity index (χ3n) is 11.7. The van der Waals surface area contributed by atoms with Crippen molar-refractivity contribution in [1.82, 2.24) is 34.1 Å². The van der Waals surface area contributed by atoms with Gasteiger partial charge in [-0.3, -0.25) is 9.13 Å². The Morgan fingerprint density at radius 1 is 0.424 bits per heavy atom. The Morgan fingerprint density at radius 3 is 1.68 bits per heavy atom. The second kappa shape index (κ2) is 13.9. The van der Waals surface area contributed by atoms with Crippen LogP contribution in [0.2, 0.25) is 0 Å². The molecule has 59 heavy (non-hydrogen) atoms. The van der Waals surface area contributed by atoms with E-state index in [0.29, 0.717) is 23.4 Å². The summed E-state index contributed by atoms with van der Waals surface area (Å²) in [6, 6.07) is 58.9. The van der Waals surface area contributed by atoms with Gasteiger partial charge in [0.2, 0.25) is 0 Å². The molecule has 1 aliphatic heterocycles. The molecule has 10 aromatic rings. The lowest BCUT2D eigenvalue weighted by atomic mass is 9.88. The summed E-state index contributed by atoms with van der Waals surface area (Å²) in [5, 5.41) is 0. The number of imidazole rings is 2. The highest BCUT2D eigenvalue weighted by atomic mass is 15.1. The summed E-state index contributed by atoms with van der Waals surface area (Å²) >= 11 is 0. The van der Waals surface area contributed by atoms with E-state index in [4.69, 9.17) is 24.9 Å². The molecule has 0 radical (unpaired) electrons. The van der Waals surface area contributed by atoms with Crippen molar-refractivity contribution in [3.05, 3.63) is 187 Å². The fraction of sp³-hybridized carbons (Fsp3) is 0.0962. The number of benzene rings is 7. The molecule has 7 nitrogen and oxygen atoms in total. The van der Waals surface area contributed by atoms with E-state index in [2.05, 4.69) is 151 Å². The van der Waals surface area contributed by atoms with Crippen LogP contribution in [0.5, 0.6) is 0 Å². The highest BCUT2D eigenvalue weighted by molar-refractivity contribution is 5.92. The van der Waals surface area contributed by atoms with Crippen LogP contribution < -0.4 is 0 Å². The van der Waals surface area contributed by atoms with Gasteiger partial charge in [-0.15, -0.1) is 0 Å². The summed E-state index contributed by atoms with van der Waals surface area (Å²) in [7, 11) is 0. The molecule has 0 spiro atoms. The first-order valence-electron chi connectivity index (χ1n) is 20.2. The molecular formula is C52H39N7. The SMILES string of the molecule is CC(C)c1ccccc1-n1c(-c2ccccc2-c2nc(-c3ccccc3)nc(-c3ccccc3-c3nc4cccc5c4n3-c3ccccc3C5C)n2)nc2ccccc21. The molecule has 0 aliphatic carbocycles. The summed E-state index contributed by atoms with van der Waals surface area (Å²) < 4.78 is 4.62. The van der Waals surface area contributed by atoms with Gasteiger partial charge in [-0.2, -0.15) is 0 Å². The third kappa shape index (κ3) is 5.61. The zero-order valence-corrected chi connectivity index (χ0v) is 33.0. The minimum Gasteiger partial charge on any atom is -0.292 e. The molecule has 282 valence electrons. The topological polar surface area (TPSA) is 74.3 Å². The Morgan fingerprint density at radius 2 is 0.949 bits per heavy atom. The van der Waals surface area contributed by atoms with E-state index >= 15 is 0 Å². The average molecular weight is 762 g/mol. The van der Waals surface area contributed by atoms with Gasteiger partial charge in [0.15, 0.2) is 17.5 Å². The number of hydrogen-bond donors (Lipinski definition) is 0. The van der Waals surface area contributed by atoms with Crippen LogP contribution in [0.4, 0.5) is 0 Å². The molecule has 11 rings (SSSR count). The van der Waals surface area contributed by atoms with Crippen molar-refractivity contribution in [2.45, 2.75) is 32.6 Å². The monoisotopic (exact) mass is 761 g/mol. The highest BCUT2D eigenvalue weighted by Crippen LogP contribution is 2.44. The van der Waals surface area contributed by atoms with Crippen LogP contribution >= 0.6 is 0 Å². The quantitative estimate of drug-likeness (QED) is 0.162. The van der Waals surface area contributed by atoms with Crippen molar-refractivity contribution in [3.8, 4) is 68.3 Å². The Balaban J connectivity index is 1.15. The predicted octanol–water partition coefficient (Wildman–Crippen LogP) is 12.5. The van der Waals surface area contributed by atoms with E-state index in [9.17, 15) is 0 Å². The normalized spacial score (nSPS) is 13.3. The largest absolute Gasteiger partial charge is 0.292 e. The van der Waals surface area contributed by atoms with Gasteiger partial charge in [0.05, 0.1) is 33.4 Å². The van der Waals surface area contributed by atoms with Gasteiger partial charge in [-0.05, 0) is 52.9 Å². The molecule has 7 aromatic carbocycles. The van der Waals surface area contributed by atoms with Crippen LogP contribution in [0.3, 0.4) is 0 Å². The van der Waals surface area contributed by atoms with Crippen molar-refractivity contribution in [2.24, 2.45) is 0 Å². The first-order valence-corrected chi connectivity index (χ1v) is 20.2. The van der Waals surface area contributed by atoms with Crippen molar-refractivity contribution in [1.29, 1.82) is 0 Å². The molecule has 0 saturated carbocycles. The maximum Gasteiger partial charge on any atom is 0.164 e. The van der Waals surface area contributed by atoms with Gasteiger partial charge in [-0.1, -0.05) is 160 Å². The standard InChI is InChI=1S/C52H39N7/c1-32(2)35-20-11-14-29-44(35)58-46-31-16-13-27-42(46)53-51(58)40-24-9-7-22-38(40)49-55-48(34-18-5-4-6-19-34)56-50(57-49)39-23-8-10-25-41(39)52-54-43-28-17-26-37-33(3)36-21-12-15-30-45(36)59(52)47(37)43/h4-33H,1-3H3. The van der Waals surface area contributed by atoms with E-state index in [1.54, 1.807) is 0 Å². The van der Waals surface area contributed by atoms with E-state index in [1.807, 2.05) is 48.5 Å². The number of nitrogens with zero attached hydrogens (tertiary/aromatic N) is 7. The molecule has 3 aromatic heterocycles. The maximum atomic E-state index is 5.37. The van der Waals surface area contributed by atoms with Gasteiger partial charge >= 0.3 is 0 Å². The Kier molecular flexibility index (Phi) is 8.15. The van der Waals surface area contributed by atoms with Crippen molar-refractivity contribution in [2.75, 3.05) is 0 Å². The van der Waals surface area contributed by atoms with Crippen LogP contribution in [0.1, 0.15) is 49.3 Å². The molecular weight excluding hydrogens is 723 g/mol. The molecule has 0 saturated heterocycles. The fourth-order valence-electron chi connectivity index (χ4n) is 8.85. The average Bonchev–Trinajstić information content (AvgIpc) is 3.88. The molecule has 1 aliphatic rings. The fourth-order valence-corrected chi connectivity index (χ4v) is 8.85. The zero-order chi connectivity index (χ0) is 39.6. The third-order valence-corrected chi connectivity index (χ3v) is 11.7. The first kappa shape index (κ1) is 34.7. The summed E-state index contributed by atoms with van der Waals surface area (Å²) in [5.74, 6) is 3.94. The molecule has 1 unspecified atom stereocenters. The Hall–Kier alpha value is -7.51. The maximum absolute atomic E-state index is 5.37. The lowest BCUT2D eigenvalue weighted by Gasteiger charge is -2.26. The summed E-state index contributed by atoms with van der Waals surface area (Å²) in [6.45, 7) is 6.76. The van der Waals surface area contributed by atoms with Crippen LogP contribution in [0, 0.1) is 0 Å². The van der Waals surface area contributed by atoms with E-state index < -0.39 is 0 Å². The van der Waals surface area contributed by atoms with Crippen LogP contribution in [-0.4, -0.2) is 34.1 Å². The lowest BCUT2D eigenvalue weighted by molar-refractivity contribution is 0.851. The molecule has 0 N–H and O–H groups in total. The van der Waals surface area contributed by atoms with Gasteiger partial charge in [0.1, 0.15) is 11.6 Å². The predicted molar refractivity (Wildman–Crippen MR) is 238 cm³/mol. The molecule has 0 amide bonds. The van der Waals surface area contributed by atoms with Gasteiger partial charge in [0, 0.05) is 33.7 Å². The summed E-state index contributed by atoms with van der Waals surface area (Å²) in [5.41, 5.74) is 14.6. The second-order valence-electron chi connectivity index (χ2n) is 15.5. The van der Waals surface area contributed by atoms with Gasteiger partial charge in [0.25, 0.3) is 0 Å². The number of para-hydroxylation sites is 5. The first-order chi connectivity index (χ1) is 29.0. The zero-order valence-electron chi connectivity index (χ0n) is 33.0.